The summed E-state index contributed by atoms with van der Waals surface area (Å²) >= 11 is 6.02. The van der Waals surface area contributed by atoms with Gasteiger partial charge in [-0.15, -0.1) is 0 Å². The lowest BCUT2D eigenvalue weighted by Gasteiger charge is -2.19. The first-order valence-electron chi connectivity index (χ1n) is 8.25. The van der Waals surface area contributed by atoms with Crippen LogP contribution in [0, 0.1) is 0 Å². The third-order valence-corrected chi connectivity index (χ3v) is 6.05. The van der Waals surface area contributed by atoms with Gasteiger partial charge in [-0.2, -0.15) is 0 Å². The number of nitrogens with zero attached hydrogens (tertiary/aromatic N) is 1. The highest BCUT2D eigenvalue weighted by Crippen LogP contribution is 2.25. The molecule has 0 unspecified atom stereocenters. The molecule has 1 saturated heterocycles. The standard InChI is InChI=1S/C18H20ClN3O3S/c1-22-11-5-10-17(22)18(23)20-13-6-4-7-14(12-13)26(24,25)21-16-9-3-2-8-15(16)19/h2-4,6-9,12,17,21H,5,10-11H2,1H3,(H,20,23)/t17-/m1/s1. The van der Waals surface area contributed by atoms with Crippen LogP contribution in [0.3, 0.4) is 0 Å². The fourth-order valence-electron chi connectivity index (χ4n) is 2.96. The van der Waals surface area contributed by atoms with E-state index in [0.29, 0.717) is 16.4 Å². The number of hydrogen-bond acceptors (Lipinski definition) is 4. The summed E-state index contributed by atoms with van der Waals surface area (Å²) < 4.78 is 27.7. The van der Waals surface area contributed by atoms with Gasteiger partial charge in [0.15, 0.2) is 0 Å². The number of nitrogens with one attached hydrogen (secondary N) is 2. The van der Waals surface area contributed by atoms with Gasteiger partial charge >= 0.3 is 0 Å². The fraction of sp³-hybridized carbons (Fsp3) is 0.278. The molecule has 1 aliphatic heterocycles. The van der Waals surface area contributed by atoms with Gasteiger partial charge in [0.2, 0.25) is 5.91 Å². The van der Waals surface area contributed by atoms with Crippen molar-refractivity contribution in [3.63, 3.8) is 0 Å². The molecule has 3 rings (SSSR count). The van der Waals surface area contributed by atoms with Gasteiger partial charge in [0.1, 0.15) is 0 Å². The smallest absolute Gasteiger partial charge is 0.262 e. The zero-order valence-corrected chi connectivity index (χ0v) is 15.8. The number of carbonyl (C=O) groups excluding carboxylic acids is 1. The fourth-order valence-corrected chi connectivity index (χ4v) is 4.32. The number of halogens is 1. The van der Waals surface area contributed by atoms with Gasteiger partial charge in [-0.25, -0.2) is 8.42 Å². The quantitative estimate of drug-likeness (QED) is 0.817. The normalized spacial score (nSPS) is 17.8. The van der Waals surface area contributed by atoms with E-state index in [-0.39, 0.29) is 16.8 Å². The van der Waals surface area contributed by atoms with Crippen LogP contribution >= 0.6 is 11.6 Å². The maximum absolute atomic E-state index is 12.6. The first-order valence-corrected chi connectivity index (χ1v) is 10.1. The van der Waals surface area contributed by atoms with Crippen molar-refractivity contribution < 1.29 is 13.2 Å². The third-order valence-electron chi connectivity index (χ3n) is 4.35. The van der Waals surface area contributed by atoms with Crippen molar-refractivity contribution in [2.45, 2.75) is 23.8 Å². The maximum Gasteiger partial charge on any atom is 0.262 e. The van der Waals surface area contributed by atoms with Gasteiger partial charge in [0, 0.05) is 5.69 Å². The van der Waals surface area contributed by atoms with E-state index in [1.54, 1.807) is 36.4 Å². The van der Waals surface area contributed by atoms with Crippen LogP contribution in [0.15, 0.2) is 53.4 Å². The van der Waals surface area contributed by atoms with Crippen LogP contribution < -0.4 is 10.0 Å². The van der Waals surface area contributed by atoms with Crippen molar-refractivity contribution in [3.8, 4) is 0 Å². The maximum atomic E-state index is 12.6. The Kier molecular flexibility index (Phi) is 5.50. The molecule has 0 saturated carbocycles. The van der Waals surface area contributed by atoms with Gasteiger partial charge in [0.05, 0.1) is 21.6 Å². The van der Waals surface area contributed by atoms with E-state index in [2.05, 4.69) is 10.0 Å². The van der Waals surface area contributed by atoms with Crippen molar-refractivity contribution in [1.82, 2.24) is 4.90 Å². The minimum absolute atomic E-state index is 0.0509. The number of anilines is 2. The van der Waals surface area contributed by atoms with Crippen LogP contribution in [0.5, 0.6) is 0 Å². The summed E-state index contributed by atoms with van der Waals surface area (Å²) in [7, 11) is -1.91. The monoisotopic (exact) mass is 393 g/mol. The van der Waals surface area contributed by atoms with Crippen molar-refractivity contribution in [2.24, 2.45) is 0 Å². The van der Waals surface area contributed by atoms with Crippen LogP contribution in [0.4, 0.5) is 11.4 Å². The second-order valence-electron chi connectivity index (χ2n) is 6.24. The second-order valence-corrected chi connectivity index (χ2v) is 8.33. The van der Waals surface area contributed by atoms with E-state index < -0.39 is 10.0 Å². The molecule has 26 heavy (non-hydrogen) atoms. The predicted molar refractivity (Wildman–Crippen MR) is 103 cm³/mol. The lowest BCUT2D eigenvalue weighted by molar-refractivity contribution is -0.119. The summed E-state index contributed by atoms with van der Waals surface area (Å²) in [5.41, 5.74) is 0.744. The average Bonchev–Trinajstić information content (AvgIpc) is 3.03. The molecule has 1 heterocycles. The van der Waals surface area contributed by atoms with Gasteiger partial charge < -0.3 is 5.32 Å². The molecule has 8 heteroatoms. The Labute approximate surface area is 158 Å². The molecule has 138 valence electrons. The van der Waals surface area contributed by atoms with Gasteiger partial charge in [-0.1, -0.05) is 29.8 Å². The van der Waals surface area contributed by atoms with Crippen LogP contribution in [-0.4, -0.2) is 38.9 Å². The average molecular weight is 394 g/mol. The number of likely N-dealkylation sites (N-methyl/N-ethyl adjacent to an activating group) is 1. The molecule has 0 aliphatic carbocycles. The second kappa shape index (κ2) is 7.65. The van der Waals surface area contributed by atoms with E-state index in [0.717, 1.165) is 19.4 Å². The minimum Gasteiger partial charge on any atom is -0.325 e. The van der Waals surface area contributed by atoms with Crippen molar-refractivity contribution in [3.05, 3.63) is 53.6 Å². The van der Waals surface area contributed by atoms with E-state index in [9.17, 15) is 13.2 Å². The van der Waals surface area contributed by atoms with Crippen LogP contribution in [-0.2, 0) is 14.8 Å². The minimum atomic E-state index is -3.82. The Morgan fingerprint density at radius 2 is 1.96 bits per heavy atom. The molecule has 1 aliphatic rings. The summed E-state index contributed by atoms with van der Waals surface area (Å²) in [5.74, 6) is -0.126. The molecular formula is C18H20ClN3O3S. The van der Waals surface area contributed by atoms with Crippen molar-refractivity contribution in [2.75, 3.05) is 23.6 Å². The molecule has 0 bridgehead atoms. The molecular weight excluding hydrogens is 374 g/mol. The highest BCUT2D eigenvalue weighted by Gasteiger charge is 2.28. The Morgan fingerprint density at radius 1 is 1.19 bits per heavy atom. The largest absolute Gasteiger partial charge is 0.325 e. The van der Waals surface area contributed by atoms with Gasteiger partial charge in [-0.05, 0) is 56.8 Å². The van der Waals surface area contributed by atoms with Crippen molar-refractivity contribution in [1.29, 1.82) is 0 Å². The lowest BCUT2D eigenvalue weighted by atomic mass is 10.2. The number of carbonyl (C=O) groups is 1. The topological polar surface area (TPSA) is 78.5 Å². The van der Waals surface area contributed by atoms with Gasteiger partial charge in [0.25, 0.3) is 10.0 Å². The lowest BCUT2D eigenvalue weighted by Crippen LogP contribution is -2.37. The molecule has 0 spiro atoms. The number of para-hydroxylation sites is 1. The molecule has 1 amide bonds. The number of amides is 1. The summed E-state index contributed by atoms with van der Waals surface area (Å²) in [5, 5.41) is 3.11. The van der Waals surface area contributed by atoms with Crippen LogP contribution in [0.1, 0.15) is 12.8 Å². The molecule has 1 atom stereocenters. The van der Waals surface area contributed by atoms with E-state index in [4.69, 9.17) is 11.6 Å². The van der Waals surface area contributed by atoms with E-state index in [1.807, 2.05) is 11.9 Å². The van der Waals surface area contributed by atoms with E-state index >= 15 is 0 Å². The summed E-state index contributed by atoms with van der Waals surface area (Å²) in [6.45, 7) is 0.883. The first-order chi connectivity index (χ1) is 12.4. The Morgan fingerprint density at radius 3 is 2.65 bits per heavy atom. The summed E-state index contributed by atoms with van der Waals surface area (Å²) in [6, 6.07) is 12.6. The molecule has 2 aromatic carbocycles. The van der Waals surface area contributed by atoms with Crippen LogP contribution in [0.2, 0.25) is 5.02 Å². The number of sulfonamides is 1. The Bertz CT molecular complexity index is 917. The Hall–Kier alpha value is -2.09. The van der Waals surface area contributed by atoms with Crippen molar-refractivity contribution >= 4 is 38.9 Å². The number of benzene rings is 2. The van der Waals surface area contributed by atoms with Crippen LogP contribution in [0.25, 0.3) is 0 Å². The first kappa shape index (κ1) is 18.7. The molecule has 2 N–H and O–H groups in total. The molecule has 1 fully saturated rings. The highest BCUT2D eigenvalue weighted by molar-refractivity contribution is 7.92. The molecule has 0 aromatic heterocycles. The number of likely N-dealkylation sites (tertiary alicyclic amines) is 1. The molecule has 6 nitrogen and oxygen atoms in total. The predicted octanol–water partition coefficient (Wildman–Crippen LogP) is 3.17. The highest BCUT2D eigenvalue weighted by atomic mass is 35.5. The van der Waals surface area contributed by atoms with E-state index in [1.165, 1.54) is 12.1 Å². The summed E-state index contributed by atoms with van der Waals surface area (Å²) in [6.07, 6.45) is 1.78. The molecule has 2 aromatic rings. The SMILES string of the molecule is CN1CCC[C@@H]1C(=O)Nc1cccc(S(=O)(=O)Nc2ccccc2Cl)c1. The van der Waals surface area contributed by atoms with Gasteiger partial charge in [-0.3, -0.25) is 14.4 Å². The zero-order chi connectivity index (χ0) is 18.7. The zero-order valence-electron chi connectivity index (χ0n) is 14.3. The number of rotatable bonds is 5. The number of hydrogen-bond donors (Lipinski definition) is 2. The molecule has 0 radical (unpaired) electrons. The Balaban J connectivity index is 1.78. The third kappa shape index (κ3) is 4.17. The summed E-state index contributed by atoms with van der Waals surface area (Å²) in [4.78, 5) is 14.4.